The number of unbranched alkanes of at least 4 members (excludes halogenated alkanes) is 5. The summed E-state index contributed by atoms with van der Waals surface area (Å²) in [6.07, 6.45) is 7.71. The Kier molecular flexibility index (Phi) is 12.4. The third kappa shape index (κ3) is 13.1. The van der Waals surface area contributed by atoms with Crippen LogP contribution in [0.4, 0.5) is 0 Å². The van der Waals surface area contributed by atoms with Crippen LogP contribution in [0.25, 0.3) is 0 Å². The van der Waals surface area contributed by atoms with Gasteiger partial charge in [0.2, 0.25) is 0 Å². The number of carboxylic acids is 3. The maximum atomic E-state index is 10.9. The van der Waals surface area contributed by atoms with Gasteiger partial charge in [-0.15, -0.1) is 6.58 Å². The normalized spacial score (nSPS) is 11.2. The molecule has 0 aliphatic carbocycles. The number of hydrogen-bond donors (Lipinski definition) is 3. The van der Waals surface area contributed by atoms with E-state index in [1.165, 1.54) is 0 Å². The monoisotopic (exact) mass is 358 g/mol. The zero-order valence-corrected chi connectivity index (χ0v) is 15.0. The zero-order valence-electron chi connectivity index (χ0n) is 15.0. The smallest absolute Gasteiger partial charge is 0.309 e. The van der Waals surface area contributed by atoms with Gasteiger partial charge in [-0.2, -0.15) is 0 Å². The van der Waals surface area contributed by atoms with Crippen molar-refractivity contribution in [1.29, 1.82) is 0 Å². The number of carboxylic acid groups (broad SMARTS) is 3. The summed E-state index contributed by atoms with van der Waals surface area (Å²) < 4.78 is 0.248. The molecule has 7 heteroatoms. The Balaban J connectivity index is 4.70. The fraction of sp³-hybridized carbons (Fsp3) is 0.722. The van der Waals surface area contributed by atoms with Gasteiger partial charge in [-0.05, 0) is 25.7 Å². The van der Waals surface area contributed by atoms with E-state index in [0.29, 0.717) is 6.54 Å². The molecule has 0 rings (SSSR count). The lowest BCUT2D eigenvalue weighted by atomic mass is 10.1. The molecule has 0 aliphatic rings. The van der Waals surface area contributed by atoms with Gasteiger partial charge in [-0.25, -0.2) is 0 Å². The Morgan fingerprint density at radius 1 is 0.680 bits per heavy atom. The highest BCUT2D eigenvalue weighted by Crippen LogP contribution is 2.16. The van der Waals surface area contributed by atoms with E-state index < -0.39 is 17.9 Å². The van der Waals surface area contributed by atoms with Crippen LogP contribution in [0.5, 0.6) is 0 Å². The summed E-state index contributed by atoms with van der Waals surface area (Å²) in [5.74, 6) is -2.84. The molecule has 0 fully saturated rings. The second-order valence-corrected chi connectivity index (χ2v) is 6.51. The van der Waals surface area contributed by atoms with Gasteiger partial charge in [0.15, 0.2) is 0 Å². The summed E-state index contributed by atoms with van der Waals surface area (Å²) in [6.45, 7) is 5.12. The van der Waals surface area contributed by atoms with Gasteiger partial charge in [0, 0.05) is 0 Å². The van der Waals surface area contributed by atoms with Gasteiger partial charge in [-0.1, -0.05) is 18.9 Å². The van der Waals surface area contributed by atoms with Crippen LogP contribution in [0.15, 0.2) is 12.7 Å². The van der Waals surface area contributed by atoms with Gasteiger partial charge in [0.1, 0.15) is 0 Å². The van der Waals surface area contributed by atoms with Gasteiger partial charge in [0.05, 0.1) is 45.4 Å². The van der Waals surface area contributed by atoms with Gasteiger partial charge in [0.25, 0.3) is 0 Å². The summed E-state index contributed by atoms with van der Waals surface area (Å²) >= 11 is 0. The van der Waals surface area contributed by atoms with Gasteiger partial charge in [-0.3, -0.25) is 14.4 Å². The van der Waals surface area contributed by atoms with E-state index in [4.69, 9.17) is 15.3 Å². The number of allylic oxidation sites excluding steroid dienone is 1. The fourth-order valence-corrected chi connectivity index (χ4v) is 2.94. The molecule has 25 heavy (non-hydrogen) atoms. The fourth-order valence-electron chi connectivity index (χ4n) is 2.94. The molecule has 0 amide bonds. The lowest BCUT2D eigenvalue weighted by Gasteiger charge is -2.38. The minimum absolute atomic E-state index is 0.0847. The maximum absolute atomic E-state index is 10.9. The minimum Gasteiger partial charge on any atom is -0.481 e. The highest BCUT2D eigenvalue weighted by Gasteiger charge is 2.29. The topological polar surface area (TPSA) is 112 Å². The van der Waals surface area contributed by atoms with Crippen molar-refractivity contribution in [3.8, 4) is 0 Å². The Hall–Kier alpha value is -1.89. The van der Waals surface area contributed by atoms with Crippen molar-refractivity contribution < 1.29 is 34.2 Å². The van der Waals surface area contributed by atoms with Crippen LogP contribution < -0.4 is 0 Å². The average Bonchev–Trinajstić information content (AvgIpc) is 2.54. The number of quaternary nitrogens is 1. The number of carbonyl (C=O) groups is 3. The molecule has 0 aromatic heterocycles. The van der Waals surface area contributed by atoms with Gasteiger partial charge >= 0.3 is 17.9 Å². The lowest BCUT2D eigenvalue weighted by Crippen LogP contribution is -2.52. The summed E-state index contributed by atoms with van der Waals surface area (Å²) in [5.41, 5.74) is 0. The molecule has 0 aromatic carbocycles. The van der Waals surface area contributed by atoms with E-state index in [1.807, 2.05) is 6.08 Å². The molecule has 0 saturated heterocycles. The quantitative estimate of drug-likeness (QED) is 0.209. The van der Waals surface area contributed by atoms with Crippen molar-refractivity contribution in [3.63, 3.8) is 0 Å². The Morgan fingerprint density at radius 2 is 1.08 bits per heavy atom. The van der Waals surface area contributed by atoms with Crippen molar-refractivity contribution in [2.75, 3.05) is 26.2 Å². The predicted molar refractivity (Wildman–Crippen MR) is 94.4 cm³/mol. The molecule has 3 N–H and O–H groups in total. The first-order chi connectivity index (χ1) is 11.8. The molecular formula is C18H32NO6+. The summed E-state index contributed by atoms with van der Waals surface area (Å²) in [5, 5.41) is 26.9. The Bertz CT molecular complexity index is 390. The third-order valence-electron chi connectivity index (χ3n) is 4.44. The SMILES string of the molecule is C=CCCCCCCC[N+](CCC(=O)O)(CCC(=O)O)CCC(=O)O. The molecular weight excluding hydrogens is 326 g/mol. The van der Waals surface area contributed by atoms with E-state index in [1.54, 1.807) is 0 Å². The second-order valence-electron chi connectivity index (χ2n) is 6.51. The molecule has 0 bridgehead atoms. The van der Waals surface area contributed by atoms with Crippen LogP contribution in [0.2, 0.25) is 0 Å². The summed E-state index contributed by atoms with van der Waals surface area (Å²) in [4.78, 5) is 32.8. The molecule has 7 nitrogen and oxygen atoms in total. The number of rotatable bonds is 17. The number of hydrogen-bond acceptors (Lipinski definition) is 3. The summed E-state index contributed by atoms with van der Waals surface area (Å²) in [7, 11) is 0. The molecule has 0 aromatic rings. The number of aliphatic carboxylic acids is 3. The van der Waals surface area contributed by atoms with E-state index in [9.17, 15) is 14.4 Å². The third-order valence-corrected chi connectivity index (χ3v) is 4.44. The van der Waals surface area contributed by atoms with Crippen molar-refractivity contribution in [1.82, 2.24) is 0 Å². The minimum atomic E-state index is -0.947. The zero-order chi connectivity index (χ0) is 19.1. The first kappa shape index (κ1) is 23.1. The van der Waals surface area contributed by atoms with Gasteiger partial charge < -0.3 is 19.8 Å². The van der Waals surface area contributed by atoms with Crippen LogP contribution in [0, 0.1) is 0 Å². The van der Waals surface area contributed by atoms with Crippen molar-refractivity contribution in [2.24, 2.45) is 0 Å². The summed E-state index contributed by atoms with van der Waals surface area (Å²) in [6, 6.07) is 0. The van der Waals surface area contributed by atoms with Crippen molar-refractivity contribution in [2.45, 2.75) is 57.8 Å². The van der Waals surface area contributed by atoms with Crippen LogP contribution in [0.3, 0.4) is 0 Å². The van der Waals surface area contributed by atoms with E-state index >= 15 is 0 Å². The predicted octanol–water partition coefficient (Wildman–Crippen LogP) is 2.75. The Labute approximate surface area is 149 Å². The van der Waals surface area contributed by atoms with E-state index in [0.717, 1.165) is 38.5 Å². The largest absolute Gasteiger partial charge is 0.481 e. The van der Waals surface area contributed by atoms with Crippen LogP contribution in [0.1, 0.15) is 57.8 Å². The van der Waals surface area contributed by atoms with Crippen LogP contribution >= 0.6 is 0 Å². The molecule has 0 unspecified atom stereocenters. The highest BCUT2D eigenvalue weighted by atomic mass is 16.4. The first-order valence-corrected chi connectivity index (χ1v) is 8.93. The highest BCUT2D eigenvalue weighted by molar-refractivity contribution is 5.67. The second kappa shape index (κ2) is 13.4. The molecule has 0 aliphatic heterocycles. The molecule has 0 atom stereocenters. The maximum Gasteiger partial charge on any atom is 0.309 e. The van der Waals surface area contributed by atoms with E-state index in [-0.39, 0.29) is 43.4 Å². The Morgan fingerprint density at radius 3 is 1.48 bits per heavy atom. The van der Waals surface area contributed by atoms with Crippen molar-refractivity contribution in [3.05, 3.63) is 12.7 Å². The molecule has 0 radical (unpaired) electrons. The molecule has 0 saturated carbocycles. The van der Waals surface area contributed by atoms with Crippen molar-refractivity contribution >= 4 is 17.9 Å². The first-order valence-electron chi connectivity index (χ1n) is 8.93. The molecule has 144 valence electrons. The van der Waals surface area contributed by atoms with E-state index in [2.05, 4.69) is 6.58 Å². The van der Waals surface area contributed by atoms with Crippen LogP contribution in [-0.4, -0.2) is 63.9 Å². The molecule has 0 heterocycles. The molecule has 0 spiro atoms. The lowest BCUT2D eigenvalue weighted by molar-refractivity contribution is -0.927. The van der Waals surface area contributed by atoms with Crippen LogP contribution in [-0.2, 0) is 14.4 Å². The standard InChI is InChI=1S/C18H31NO6/c1-2-3-4-5-6-7-8-12-19(13-9-16(20)21,14-10-17(22)23)15-11-18(24)25/h2H,1,3-15H2,(H2-,20,21,22,23,24,25)/p+1. The number of nitrogens with zero attached hydrogens (tertiary/aromatic N) is 1. The average molecular weight is 358 g/mol.